The van der Waals surface area contributed by atoms with Gasteiger partial charge in [0.1, 0.15) is 11.5 Å². The highest BCUT2D eigenvalue weighted by Gasteiger charge is 2.26. The van der Waals surface area contributed by atoms with Crippen LogP contribution < -0.4 is 4.74 Å². The van der Waals surface area contributed by atoms with Gasteiger partial charge in [-0.25, -0.2) is 4.79 Å². The monoisotopic (exact) mass is 332 g/mol. The van der Waals surface area contributed by atoms with E-state index < -0.39 is 17.9 Å². The van der Waals surface area contributed by atoms with Gasteiger partial charge in [-0.3, -0.25) is 4.79 Å². The molecule has 1 aromatic heterocycles. The third-order valence-electron chi connectivity index (χ3n) is 3.87. The molecule has 1 aromatic carbocycles. The van der Waals surface area contributed by atoms with Gasteiger partial charge in [0.2, 0.25) is 5.76 Å². The van der Waals surface area contributed by atoms with Crippen LogP contribution in [0.25, 0.3) is 0 Å². The van der Waals surface area contributed by atoms with E-state index in [1.165, 1.54) is 19.2 Å². The van der Waals surface area contributed by atoms with E-state index in [1.807, 2.05) is 26.0 Å². The molecule has 6 nitrogen and oxygen atoms in total. The molecule has 2 rings (SSSR count). The van der Waals surface area contributed by atoms with Gasteiger partial charge in [-0.15, -0.1) is 0 Å². The molecular weight excluding hydrogens is 312 g/mol. The fourth-order valence-corrected chi connectivity index (χ4v) is 2.52. The van der Waals surface area contributed by atoms with Gasteiger partial charge in [0.05, 0.1) is 13.0 Å². The van der Waals surface area contributed by atoms with Gasteiger partial charge >= 0.3 is 11.9 Å². The SMILES string of the molecule is COc1ccc(C(C)C)cc1C(Cc1ccc(C(=O)O)o1)C(=O)O. The largest absolute Gasteiger partial charge is 0.496 e. The molecule has 0 saturated heterocycles. The number of methoxy groups -OCH3 is 1. The molecule has 128 valence electrons. The van der Waals surface area contributed by atoms with Crippen LogP contribution in [0.3, 0.4) is 0 Å². The molecule has 24 heavy (non-hydrogen) atoms. The fourth-order valence-electron chi connectivity index (χ4n) is 2.52. The highest BCUT2D eigenvalue weighted by atomic mass is 16.5. The number of carboxylic acids is 2. The zero-order valence-electron chi connectivity index (χ0n) is 13.8. The topological polar surface area (TPSA) is 97.0 Å². The third-order valence-corrected chi connectivity index (χ3v) is 3.87. The standard InChI is InChI=1S/C18H20O6/c1-10(2)11-4-6-15(23-3)13(8-11)14(17(19)20)9-12-5-7-16(24-12)18(21)22/h4-8,10,14H,9H2,1-3H3,(H,19,20)(H,21,22). The Hall–Kier alpha value is -2.76. The molecule has 0 bridgehead atoms. The molecule has 0 spiro atoms. The van der Waals surface area contributed by atoms with Crippen molar-refractivity contribution in [2.45, 2.75) is 32.1 Å². The van der Waals surface area contributed by atoms with Crippen LogP contribution in [0.15, 0.2) is 34.7 Å². The van der Waals surface area contributed by atoms with Crippen LogP contribution in [0, 0.1) is 0 Å². The van der Waals surface area contributed by atoms with Gasteiger partial charge in [0, 0.05) is 12.0 Å². The van der Waals surface area contributed by atoms with Crippen molar-refractivity contribution in [1.82, 2.24) is 0 Å². The number of aromatic carboxylic acids is 1. The zero-order valence-corrected chi connectivity index (χ0v) is 13.8. The molecule has 2 N–H and O–H groups in total. The average Bonchev–Trinajstić information content (AvgIpc) is 3.00. The number of carbonyl (C=O) groups is 2. The molecule has 6 heteroatoms. The molecule has 0 fully saturated rings. The van der Waals surface area contributed by atoms with Gasteiger partial charge in [0.15, 0.2) is 0 Å². The van der Waals surface area contributed by atoms with Crippen LogP contribution in [-0.4, -0.2) is 29.3 Å². The predicted octanol–water partition coefficient (Wildman–Crippen LogP) is 3.52. The molecule has 2 aromatic rings. The Morgan fingerprint density at radius 1 is 1.17 bits per heavy atom. The summed E-state index contributed by atoms with van der Waals surface area (Å²) in [7, 11) is 1.49. The van der Waals surface area contributed by atoms with Crippen molar-refractivity contribution in [2.24, 2.45) is 0 Å². The van der Waals surface area contributed by atoms with Gasteiger partial charge < -0.3 is 19.4 Å². The number of benzene rings is 1. The van der Waals surface area contributed by atoms with Crippen molar-refractivity contribution in [1.29, 1.82) is 0 Å². The predicted molar refractivity (Wildman–Crippen MR) is 86.8 cm³/mol. The number of aliphatic carboxylic acids is 1. The van der Waals surface area contributed by atoms with E-state index in [9.17, 15) is 14.7 Å². The summed E-state index contributed by atoms with van der Waals surface area (Å²) in [5.41, 5.74) is 1.55. The minimum atomic E-state index is -1.19. The van der Waals surface area contributed by atoms with Crippen molar-refractivity contribution in [3.05, 3.63) is 53.0 Å². The minimum absolute atomic E-state index is 0.0422. The van der Waals surface area contributed by atoms with Crippen molar-refractivity contribution in [3.63, 3.8) is 0 Å². The molecule has 1 unspecified atom stereocenters. The lowest BCUT2D eigenvalue weighted by molar-refractivity contribution is -0.138. The molecule has 1 atom stereocenters. The summed E-state index contributed by atoms with van der Waals surface area (Å²) in [6, 6.07) is 8.28. The smallest absolute Gasteiger partial charge is 0.371 e. The lowest BCUT2D eigenvalue weighted by Gasteiger charge is -2.18. The average molecular weight is 332 g/mol. The fraction of sp³-hybridized carbons (Fsp3) is 0.333. The summed E-state index contributed by atoms with van der Waals surface area (Å²) >= 11 is 0. The lowest BCUT2D eigenvalue weighted by Crippen LogP contribution is -2.15. The number of furan rings is 1. The number of rotatable bonds is 7. The van der Waals surface area contributed by atoms with E-state index in [4.69, 9.17) is 14.3 Å². The van der Waals surface area contributed by atoms with Gasteiger partial charge in [-0.1, -0.05) is 26.0 Å². The van der Waals surface area contributed by atoms with Gasteiger partial charge in [-0.05, 0) is 29.7 Å². The first-order valence-electron chi connectivity index (χ1n) is 7.56. The van der Waals surface area contributed by atoms with Crippen LogP contribution in [0.1, 0.15) is 53.1 Å². The van der Waals surface area contributed by atoms with Crippen LogP contribution >= 0.6 is 0 Å². The number of ether oxygens (including phenoxy) is 1. The third kappa shape index (κ3) is 3.76. The summed E-state index contributed by atoms with van der Waals surface area (Å²) in [5, 5.41) is 18.5. The van der Waals surface area contributed by atoms with Gasteiger partial charge in [0.25, 0.3) is 0 Å². The zero-order chi connectivity index (χ0) is 17.9. The van der Waals surface area contributed by atoms with E-state index in [1.54, 1.807) is 6.07 Å². The second kappa shape index (κ2) is 7.21. The molecule has 0 aliphatic rings. The van der Waals surface area contributed by atoms with Crippen molar-refractivity contribution in [3.8, 4) is 5.75 Å². The van der Waals surface area contributed by atoms with Gasteiger partial charge in [-0.2, -0.15) is 0 Å². The maximum absolute atomic E-state index is 11.8. The second-order valence-electron chi connectivity index (χ2n) is 5.82. The Balaban J connectivity index is 2.41. The summed E-state index contributed by atoms with van der Waals surface area (Å²) in [6.07, 6.45) is 0.0422. The van der Waals surface area contributed by atoms with E-state index in [0.717, 1.165) is 5.56 Å². The Morgan fingerprint density at radius 2 is 1.88 bits per heavy atom. The molecule has 0 aliphatic heterocycles. The van der Waals surface area contributed by atoms with Crippen LogP contribution in [-0.2, 0) is 11.2 Å². The van der Waals surface area contributed by atoms with Crippen molar-refractivity contribution < 1.29 is 29.0 Å². The quantitative estimate of drug-likeness (QED) is 0.805. The molecule has 0 radical (unpaired) electrons. The maximum atomic E-state index is 11.8. The maximum Gasteiger partial charge on any atom is 0.371 e. The minimum Gasteiger partial charge on any atom is -0.496 e. The summed E-state index contributed by atoms with van der Waals surface area (Å²) in [4.78, 5) is 22.7. The first-order valence-corrected chi connectivity index (χ1v) is 7.56. The van der Waals surface area contributed by atoms with E-state index >= 15 is 0 Å². The molecule has 0 aliphatic carbocycles. The number of hydrogen-bond acceptors (Lipinski definition) is 4. The van der Waals surface area contributed by atoms with E-state index in [0.29, 0.717) is 17.1 Å². The Morgan fingerprint density at radius 3 is 2.38 bits per heavy atom. The molecular formula is C18H20O6. The molecule has 0 saturated carbocycles. The van der Waals surface area contributed by atoms with Crippen molar-refractivity contribution >= 4 is 11.9 Å². The summed E-state index contributed by atoms with van der Waals surface area (Å²) < 4.78 is 10.5. The van der Waals surface area contributed by atoms with Crippen LogP contribution in [0.4, 0.5) is 0 Å². The highest BCUT2D eigenvalue weighted by Crippen LogP contribution is 2.33. The number of carboxylic acid groups (broad SMARTS) is 2. The van der Waals surface area contributed by atoms with Crippen LogP contribution in [0.2, 0.25) is 0 Å². The number of hydrogen-bond donors (Lipinski definition) is 2. The Bertz CT molecular complexity index is 744. The van der Waals surface area contributed by atoms with Crippen LogP contribution in [0.5, 0.6) is 5.75 Å². The van der Waals surface area contributed by atoms with E-state index in [2.05, 4.69) is 0 Å². The first-order chi connectivity index (χ1) is 11.3. The first kappa shape index (κ1) is 17.6. The summed E-state index contributed by atoms with van der Waals surface area (Å²) in [6.45, 7) is 4.04. The highest BCUT2D eigenvalue weighted by molar-refractivity contribution is 5.84. The van der Waals surface area contributed by atoms with Crippen molar-refractivity contribution in [2.75, 3.05) is 7.11 Å². The molecule has 1 heterocycles. The van der Waals surface area contributed by atoms with E-state index in [-0.39, 0.29) is 18.1 Å². The normalized spacial score (nSPS) is 12.2. The molecule has 0 amide bonds. The second-order valence-corrected chi connectivity index (χ2v) is 5.82. The Kier molecular flexibility index (Phi) is 5.28. The summed E-state index contributed by atoms with van der Waals surface area (Å²) in [5.74, 6) is -2.29. The Labute approximate surface area is 139 Å². The lowest BCUT2D eigenvalue weighted by atomic mass is 9.90.